The lowest BCUT2D eigenvalue weighted by Crippen LogP contribution is -2.27. The van der Waals surface area contributed by atoms with Crippen LogP contribution in [-0.4, -0.2) is 63.5 Å². The van der Waals surface area contributed by atoms with Crippen LogP contribution < -0.4 is 29.9 Å². The summed E-state index contributed by atoms with van der Waals surface area (Å²) in [7, 11) is 0. The van der Waals surface area contributed by atoms with Gasteiger partial charge in [-0.25, -0.2) is 4.98 Å². The second-order valence-corrected chi connectivity index (χ2v) is 12.9. The number of anilines is 4. The molecule has 8 rings (SSSR count). The number of nitrogens with zero attached hydrogens (tertiary/aromatic N) is 3. The van der Waals surface area contributed by atoms with Gasteiger partial charge in [0.2, 0.25) is 0 Å². The third-order valence-corrected chi connectivity index (χ3v) is 9.20. The predicted molar refractivity (Wildman–Crippen MR) is 196 cm³/mol. The van der Waals surface area contributed by atoms with Crippen molar-refractivity contribution in [3.8, 4) is 11.5 Å². The fourth-order valence-electron chi connectivity index (χ4n) is 6.90. The van der Waals surface area contributed by atoms with Crippen LogP contribution in [0.2, 0.25) is 0 Å². The van der Waals surface area contributed by atoms with E-state index >= 15 is 0 Å². The number of aromatic nitrogens is 2. The number of fused-ring (bicyclic) bond motifs is 2. The Hall–Kier alpha value is -6.48. The lowest BCUT2D eigenvalue weighted by atomic mass is 10.1. The van der Waals surface area contributed by atoms with Gasteiger partial charge in [-0.1, -0.05) is 42.5 Å². The standard InChI is InChI=1S/C38H33F3N8O4/c1-20(52-30-12-6-4-10-26(30)48-18-28(50)32(34(48)42)36-44-22-8-2-3-9-23(22)45-36)16-21-14-15-24-25(17-21)47-37(46-24)33-29(51)19-49(35(33)43)27-11-5-7-13-31(27)53-38(39,40)41/h2-15,17,20,29,42-43,46-47,50-51H,16,18-19H2,1H3,(H,44,45). The van der Waals surface area contributed by atoms with Crippen LogP contribution in [0.1, 0.15) is 18.3 Å². The van der Waals surface area contributed by atoms with E-state index in [1.807, 2.05) is 73.7 Å². The largest absolute Gasteiger partial charge is 0.573 e. The third kappa shape index (κ3) is 6.35. The van der Waals surface area contributed by atoms with Gasteiger partial charge in [-0.3, -0.25) is 10.8 Å². The summed E-state index contributed by atoms with van der Waals surface area (Å²) >= 11 is 0. The zero-order valence-electron chi connectivity index (χ0n) is 28.1. The van der Waals surface area contributed by atoms with Crippen molar-refractivity contribution < 1.29 is 32.9 Å². The molecule has 0 amide bonds. The Labute approximate surface area is 300 Å². The van der Waals surface area contributed by atoms with Gasteiger partial charge in [0.05, 0.1) is 58.0 Å². The first-order chi connectivity index (χ1) is 25.4. The number of aliphatic hydroxyl groups is 2. The van der Waals surface area contributed by atoms with Crippen LogP contribution in [0.15, 0.2) is 108 Å². The third-order valence-electron chi connectivity index (χ3n) is 9.20. The number of H-pyrrole nitrogens is 1. The number of ether oxygens (including phenoxy) is 2. The van der Waals surface area contributed by atoms with Gasteiger partial charge < -0.3 is 45.1 Å². The first-order valence-corrected chi connectivity index (χ1v) is 16.7. The molecular formula is C38H33F3N8O4. The molecule has 2 unspecified atom stereocenters. The highest BCUT2D eigenvalue weighted by Gasteiger charge is 2.39. The lowest BCUT2D eigenvalue weighted by Gasteiger charge is -2.24. The lowest BCUT2D eigenvalue weighted by molar-refractivity contribution is -0.274. The van der Waals surface area contributed by atoms with Crippen LogP contribution in [0.25, 0.3) is 16.6 Å². The van der Waals surface area contributed by atoms with Crippen LogP contribution >= 0.6 is 0 Å². The second kappa shape index (κ2) is 12.9. The fourth-order valence-corrected chi connectivity index (χ4v) is 6.90. The van der Waals surface area contributed by atoms with Crippen molar-refractivity contribution in [2.24, 2.45) is 0 Å². The minimum Gasteiger partial charge on any atom is -0.509 e. The minimum absolute atomic E-state index is 0.0131. The van der Waals surface area contributed by atoms with E-state index in [2.05, 4.69) is 25.3 Å². The number of β-amino-alcohol motifs (C(OH)–C–C–N with tert-alkyl or cyclic N) is 1. The smallest absolute Gasteiger partial charge is 0.509 e. The summed E-state index contributed by atoms with van der Waals surface area (Å²) in [6, 6.07) is 26.1. The van der Waals surface area contributed by atoms with E-state index in [1.54, 1.807) is 4.90 Å². The zero-order valence-corrected chi connectivity index (χ0v) is 28.1. The Morgan fingerprint density at radius 3 is 2.32 bits per heavy atom. The van der Waals surface area contributed by atoms with Gasteiger partial charge in [-0.15, -0.1) is 13.2 Å². The van der Waals surface area contributed by atoms with E-state index in [9.17, 15) is 23.4 Å². The number of aromatic amines is 1. The van der Waals surface area contributed by atoms with Crippen LogP contribution in [0.5, 0.6) is 11.5 Å². The number of halogens is 3. The molecule has 0 radical (unpaired) electrons. The predicted octanol–water partition coefficient (Wildman–Crippen LogP) is 7.15. The van der Waals surface area contributed by atoms with Crippen molar-refractivity contribution in [3.63, 3.8) is 0 Å². The monoisotopic (exact) mass is 722 g/mol. The molecule has 1 fully saturated rings. The molecule has 12 nitrogen and oxygen atoms in total. The highest BCUT2D eigenvalue weighted by atomic mass is 19.4. The van der Waals surface area contributed by atoms with E-state index in [4.69, 9.17) is 15.6 Å². The molecule has 0 saturated carbocycles. The average molecular weight is 723 g/mol. The maximum Gasteiger partial charge on any atom is 0.573 e. The maximum atomic E-state index is 13.1. The van der Waals surface area contributed by atoms with Gasteiger partial charge >= 0.3 is 6.36 Å². The van der Waals surface area contributed by atoms with E-state index in [-0.39, 0.29) is 47.9 Å². The van der Waals surface area contributed by atoms with Crippen LogP contribution in [0, 0.1) is 10.8 Å². The number of hydrogen-bond donors (Lipinski definition) is 7. The first-order valence-electron chi connectivity index (χ1n) is 16.7. The van der Waals surface area contributed by atoms with Crippen molar-refractivity contribution in [2.75, 3.05) is 33.5 Å². The van der Waals surface area contributed by atoms with Crippen molar-refractivity contribution in [2.45, 2.75) is 31.9 Å². The summed E-state index contributed by atoms with van der Waals surface area (Å²) in [6.07, 6.45) is -5.89. The molecule has 53 heavy (non-hydrogen) atoms. The maximum absolute atomic E-state index is 13.1. The Bertz CT molecular complexity index is 2320. The molecule has 7 N–H and O–H groups in total. The second-order valence-electron chi connectivity index (χ2n) is 12.9. The van der Waals surface area contributed by atoms with Crippen molar-refractivity contribution in [1.29, 1.82) is 10.8 Å². The zero-order chi connectivity index (χ0) is 37.0. The quantitative estimate of drug-likeness (QED) is 0.0881. The Morgan fingerprint density at radius 2 is 1.57 bits per heavy atom. The van der Waals surface area contributed by atoms with Gasteiger partial charge in [0, 0.05) is 6.42 Å². The van der Waals surface area contributed by atoms with Crippen LogP contribution in [0.3, 0.4) is 0 Å². The number of benzene rings is 4. The van der Waals surface area contributed by atoms with Gasteiger partial charge in [0.25, 0.3) is 0 Å². The molecule has 0 bridgehead atoms. The van der Waals surface area contributed by atoms with E-state index < -0.39 is 18.2 Å². The molecule has 270 valence electrons. The molecule has 1 saturated heterocycles. The summed E-state index contributed by atoms with van der Waals surface area (Å²) in [4.78, 5) is 10.7. The minimum atomic E-state index is -4.92. The number of aliphatic hydroxyl groups excluding tert-OH is 2. The summed E-state index contributed by atoms with van der Waals surface area (Å²) < 4.78 is 49.8. The number of imidazole rings is 1. The summed E-state index contributed by atoms with van der Waals surface area (Å²) in [5.41, 5.74) is 5.03. The van der Waals surface area contributed by atoms with Gasteiger partial charge in [0.15, 0.2) is 5.75 Å². The normalized spacial score (nSPS) is 19.2. The molecule has 0 spiro atoms. The number of rotatable bonds is 8. The van der Waals surface area contributed by atoms with Gasteiger partial charge in [-0.2, -0.15) is 0 Å². The first kappa shape index (κ1) is 33.7. The summed E-state index contributed by atoms with van der Waals surface area (Å²) in [5.74, 6) is 0.794. The molecule has 1 aromatic heterocycles. The van der Waals surface area contributed by atoms with Crippen molar-refractivity contribution in [1.82, 2.24) is 9.97 Å². The van der Waals surface area contributed by atoms with Gasteiger partial charge in [-0.05, 0) is 61.0 Å². The molecule has 15 heteroatoms. The highest BCUT2D eigenvalue weighted by Crippen LogP contribution is 2.40. The molecule has 4 aromatic carbocycles. The van der Waals surface area contributed by atoms with E-state index in [0.29, 0.717) is 46.5 Å². The molecule has 2 atom stereocenters. The number of nitrogens with one attached hydrogen (secondary N) is 5. The number of para-hydroxylation sites is 6. The van der Waals surface area contributed by atoms with Crippen molar-refractivity contribution in [3.05, 3.63) is 120 Å². The van der Waals surface area contributed by atoms with Crippen LogP contribution in [0.4, 0.5) is 35.9 Å². The molecule has 5 aromatic rings. The molecule has 0 aliphatic carbocycles. The number of amidine groups is 2. The van der Waals surface area contributed by atoms with Crippen molar-refractivity contribution >= 4 is 51.0 Å². The highest BCUT2D eigenvalue weighted by molar-refractivity contribution is 6.30. The summed E-state index contributed by atoms with van der Waals surface area (Å²) in [6.45, 7) is 1.88. The summed E-state index contributed by atoms with van der Waals surface area (Å²) in [5, 5.41) is 46.1. The van der Waals surface area contributed by atoms with Gasteiger partial charge in [0.1, 0.15) is 47.0 Å². The number of alkyl halides is 3. The Balaban J connectivity index is 0.958. The Morgan fingerprint density at radius 1 is 0.887 bits per heavy atom. The SMILES string of the molecule is CC(Cc1ccc2c(c1)NC(=C1C(=N)N(c3ccccc3OC(F)(F)F)CC1O)N2)Oc1ccccc1N1CC(O)=C(c2nc3ccccc3[nH]2)C1=N. The van der Waals surface area contributed by atoms with Crippen LogP contribution in [-0.2, 0) is 6.42 Å². The fraction of sp³-hybridized carbons (Fsp3) is 0.184. The average Bonchev–Trinajstić information content (AvgIpc) is 3.87. The molecule has 4 heterocycles. The molecule has 3 aliphatic heterocycles. The molecular weight excluding hydrogens is 689 g/mol. The van der Waals surface area contributed by atoms with E-state index in [0.717, 1.165) is 16.6 Å². The Kier molecular flexibility index (Phi) is 8.21. The number of hydrogen-bond acceptors (Lipinski definition) is 9. The van der Waals surface area contributed by atoms with E-state index in [1.165, 1.54) is 29.2 Å². The molecule has 3 aliphatic rings. The topological polar surface area (TPSA) is 166 Å².